The third-order valence-corrected chi connectivity index (χ3v) is 3.15. The fraction of sp³-hybridized carbons (Fsp3) is 0.182. The summed E-state index contributed by atoms with van der Waals surface area (Å²) in [6.07, 6.45) is 0.940. The quantitative estimate of drug-likeness (QED) is 0.819. The lowest BCUT2D eigenvalue weighted by molar-refractivity contribution is 0.410. The van der Waals surface area contributed by atoms with Gasteiger partial charge in [0.1, 0.15) is 23.5 Å². The van der Waals surface area contributed by atoms with E-state index in [1.807, 2.05) is 0 Å². The Balaban J connectivity index is 2.76. The Morgan fingerprint density at radius 1 is 1.37 bits per heavy atom. The van der Waals surface area contributed by atoms with E-state index >= 15 is 0 Å². The Morgan fingerprint density at radius 2 is 2.05 bits per heavy atom. The van der Waals surface area contributed by atoms with E-state index in [9.17, 15) is 14.0 Å². The summed E-state index contributed by atoms with van der Waals surface area (Å²) in [5, 5.41) is 3.63. The molecule has 0 spiro atoms. The summed E-state index contributed by atoms with van der Waals surface area (Å²) in [5.74, 6) is -0.320. The Hall–Kier alpha value is -1.96. The van der Waals surface area contributed by atoms with Crippen molar-refractivity contribution in [3.63, 3.8) is 0 Å². The molecule has 0 aliphatic carbocycles. The van der Waals surface area contributed by atoms with Crippen LogP contribution in [0.4, 0.5) is 4.39 Å². The van der Waals surface area contributed by atoms with Gasteiger partial charge in [0.05, 0.1) is 11.6 Å². The van der Waals surface area contributed by atoms with Crippen LogP contribution in [0.2, 0.25) is 0 Å². The summed E-state index contributed by atoms with van der Waals surface area (Å²) in [6, 6.07) is 2.48. The predicted octanol–water partition coefficient (Wildman–Crippen LogP) is 0.841. The third-order valence-electron chi connectivity index (χ3n) is 2.53. The second-order valence-electron chi connectivity index (χ2n) is 3.67. The molecule has 0 atom stereocenters. The van der Waals surface area contributed by atoms with E-state index in [4.69, 9.17) is 4.74 Å². The van der Waals surface area contributed by atoms with E-state index < -0.39 is 17.1 Å². The molecule has 1 aromatic heterocycles. The molecule has 0 amide bonds. The zero-order valence-electron chi connectivity index (χ0n) is 10.1. The van der Waals surface area contributed by atoms with Gasteiger partial charge in [-0.15, -0.1) is 0 Å². The Bertz CT molecular complexity index is 754. The molecule has 100 valence electrons. The number of methoxy groups -OCH3 is 1. The van der Waals surface area contributed by atoms with Gasteiger partial charge in [-0.2, -0.15) is 9.78 Å². The molecule has 0 unspecified atom stereocenters. The highest BCUT2D eigenvalue weighted by atomic mass is 79.9. The largest absolute Gasteiger partial charge is 0.495 e. The molecule has 2 rings (SSSR count). The van der Waals surface area contributed by atoms with Crippen LogP contribution in [0.25, 0.3) is 5.69 Å². The van der Waals surface area contributed by atoms with Crippen LogP contribution in [0.1, 0.15) is 0 Å². The minimum Gasteiger partial charge on any atom is -0.495 e. The molecule has 0 saturated carbocycles. The number of hydrogen-bond donors (Lipinski definition) is 0. The van der Waals surface area contributed by atoms with Gasteiger partial charge >= 0.3 is 5.69 Å². The summed E-state index contributed by atoms with van der Waals surface area (Å²) in [5.41, 5.74) is -1.40. The third kappa shape index (κ3) is 2.30. The minimum atomic E-state index is -0.740. The van der Waals surface area contributed by atoms with Gasteiger partial charge in [-0.25, -0.2) is 9.18 Å². The molecular formula is C11H9BrFN3O3. The van der Waals surface area contributed by atoms with Crippen LogP contribution >= 0.6 is 15.9 Å². The molecule has 19 heavy (non-hydrogen) atoms. The molecule has 2 aromatic rings. The lowest BCUT2D eigenvalue weighted by atomic mass is 10.3. The molecule has 8 heteroatoms. The summed E-state index contributed by atoms with van der Waals surface area (Å²) in [6.45, 7) is 0. The fourth-order valence-electron chi connectivity index (χ4n) is 1.48. The molecule has 6 nitrogen and oxygen atoms in total. The summed E-state index contributed by atoms with van der Waals surface area (Å²) in [4.78, 5) is 23.1. The zero-order chi connectivity index (χ0) is 14.2. The monoisotopic (exact) mass is 329 g/mol. The normalized spacial score (nSPS) is 10.5. The number of ether oxygens (including phenoxy) is 1. The first-order chi connectivity index (χ1) is 8.95. The molecule has 1 heterocycles. The topological polar surface area (TPSA) is 66.1 Å². The molecule has 1 aromatic carbocycles. The van der Waals surface area contributed by atoms with E-state index in [1.54, 1.807) is 0 Å². The Morgan fingerprint density at radius 3 is 2.68 bits per heavy atom. The minimum absolute atomic E-state index is 0.0966. The van der Waals surface area contributed by atoms with E-state index in [-0.39, 0.29) is 5.69 Å². The van der Waals surface area contributed by atoms with Crippen LogP contribution in [-0.2, 0) is 7.05 Å². The smallest absolute Gasteiger partial charge is 0.352 e. The second kappa shape index (κ2) is 4.96. The second-order valence-corrected chi connectivity index (χ2v) is 4.53. The first-order valence-corrected chi connectivity index (χ1v) is 5.93. The standard InChI is InChI=1S/C11H9BrFN3O3/c1-15-10(17)5-14-16(11(15)18)8-4-9(19-2)6(12)3-7(8)13/h3-5H,1-2H3. The number of benzene rings is 1. The van der Waals surface area contributed by atoms with Gasteiger partial charge < -0.3 is 4.74 Å². The molecule has 0 bridgehead atoms. The van der Waals surface area contributed by atoms with Gasteiger partial charge in [0.2, 0.25) is 0 Å². The van der Waals surface area contributed by atoms with Gasteiger partial charge in [-0.3, -0.25) is 9.36 Å². The van der Waals surface area contributed by atoms with Crippen LogP contribution in [0.5, 0.6) is 5.75 Å². The van der Waals surface area contributed by atoms with Crippen LogP contribution in [0, 0.1) is 5.82 Å². The van der Waals surface area contributed by atoms with Crippen molar-refractivity contribution < 1.29 is 9.13 Å². The van der Waals surface area contributed by atoms with Crippen molar-refractivity contribution in [1.29, 1.82) is 0 Å². The van der Waals surface area contributed by atoms with E-state index in [0.29, 0.717) is 10.2 Å². The van der Waals surface area contributed by atoms with E-state index in [1.165, 1.54) is 20.2 Å². The molecule has 0 aliphatic heterocycles. The van der Waals surface area contributed by atoms with E-state index in [2.05, 4.69) is 21.0 Å². The summed E-state index contributed by atoms with van der Waals surface area (Å²) < 4.78 is 21.0. The van der Waals surface area contributed by atoms with Crippen molar-refractivity contribution in [2.45, 2.75) is 0 Å². The lowest BCUT2D eigenvalue weighted by Gasteiger charge is -2.10. The van der Waals surface area contributed by atoms with E-state index in [0.717, 1.165) is 21.5 Å². The maximum atomic E-state index is 13.9. The average Bonchev–Trinajstić information content (AvgIpc) is 2.37. The molecule has 0 N–H and O–H groups in total. The lowest BCUT2D eigenvalue weighted by Crippen LogP contribution is -2.38. The van der Waals surface area contributed by atoms with Crippen LogP contribution in [-0.4, -0.2) is 21.5 Å². The number of aromatic nitrogens is 3. The highest BCUT2D eigenvalue weighted by Crippen LogP contribution is 2.28. The molecule has 0 saturated heterocycles. The Labute approximate surface area is 115 Å². The van der Waals surface area contributed by atoms with Gasteiger partial charge in [-0.1, -0.05) is 0 Å². The van der Waals surface area contributed by atoms with Gasteiger partial charge in [-0.05, 0) is 22.0 Å². The number of hydrogen-bond acceptors (Lipinski definition) is 4. The summed E-state index contributed by atoms with van der Waals surface area (Å²) >= 11 is 3.13. The predicted molar refractivity (Wildman–Crippen MR) is 69.3 cm³/mol. The van der Waals surface area contributed by atoms with Crippen molar-refractivity contribution in [3.8, 4) is 11.4 Å². The molecule has 0 radical (unpaired) electrons. The SMILES string of the molecule is COc1cc(-n2ncc(=O)n(C)c2=O)c(F)cc1Br. The molecule has 0 aliphatic rings. The maximum Gasteiger partial charge on any atom is 0.352 e. The highest BCUT2D eigenvalue weighted by molar-refractivity contribution is 9.10. The summed E-state index contributed by atoms with van der Waals surface area (Å²) in [7, 11) is 2.70. The average molecular weight is 330 g/mol. The molecule has 0 fully saturated rings. The van der Waals surface area contributed by atoms with Gasteiger partial charge in [0.25, 0.3) is 5.56 Å². The van der Waals surface area contributed by atoms with Crippen molar-refractivity contribution in [2.24, 2.45) is 7.05 Å². The molecular weight excluding hydrogens is 321 g/mol. The number of halogens is 2. The maximum absolute atomic E-state index is 13.9. The van der Waals surface area contributed by atoms with Crippen molar-refractivity contribution >= 4 is 15.9 Å². The fourth-order valence-corrected chi connectivity index (χ4v) is 1.96. The van der Waals surface area contributed by atoms with Gasteiger partial charge in [0, 0.05) is 13.1 Å². The van der Waals surface area contributed by atoms with Gasteiger partial charge in [0.15, 0.2) is 0 Å². The van der Waals surface area contributed by atoms with Crippen molar-refractivity contribution in [1.82, 2.24) is 14.3 Å². The Kier molecular flexibility index (Phi) is 3.52. The highest BCUT2D eigenvalue weighted by Gasteiger charge is 2.14. The number of nitrogens with zero attached hydrogens (tertiary/aromatic N) is 3. The van der Waals surface area contributed by atoms with Crippen molar-refractivity contribution in [3.05, 3.63) is 49.5 Å². The van der Waals surface area contributed by atoms with Crippen molar-refractivity contribution in [2.75, 3.05) is 7.11 Å². The van der Waals surface area contributed by atoms with Crippen LogP contribution < -0.4 is 16.0 Å². The van der Waals surface area contributed by atoms with Crippen LogP contribution in [0.3, 0.4) is 0 Å². The number of rotatable bonds is 2. The van der Waals surface area contributed by atoms with Crippen LogP contribution in [0.15, 0.2) is 32.4 Å². The first-order valence-electron chi connectivity index (χ1n) is 5.14. The first kappa shape index (κ1) is 13.5. The zero-order valence-corrected chi connectivity index (χ0v) is 11.6.